The molecule has 2 aromatic carbocycles. The Hall–Kier alpha value is -3.50. The molecular formula is C23H18FN5O2S2. The Labute approximate surface area is 195 Å². The van der Waals surface area contributed by atoms with Crippen LogP contribution in [0.4, 0.5) is 4.39 Å². The first-order valence-electron chi connectivity index (χ1n) is 10.1. The van der Waals surface area contributed by atoms with Crippen molar-refractivity contribution in [1.29, 1.82) is 0 Å². The molecule has 33 heavy (non-hydrogen) atoms. The first-order chi connectivity index (χ1) is 16.0. The fourth-order valence-electron chi connectivity index (χ4n) is 3.67. The van der Waals surface area contributed by atoms with Gasteiger partial charge in [0.25, 0.3) is 5.56 Å². The fourth-order valence-corrected chi connectivity index (χ4v) is 5.22. The summed E-state index contributed by atoms with van der Waals surface area (Å²) in [5.74, 6) is -0.0232. The Morgan fingerprint density at radius 2 is 1.91 bits per heavy atom. The van der Waals surface area contributed by atoms with E-state index in [0.717, 1.165) is 10.4 Å². The van der Waals surface area contributed by atoms with Gasteiger partial charge in [-0.2, -0.15) is 0 Å². The number of rotatable bonds is 6. The Kier molecular flexibility index (Phi) is 5.69. The van der Waals surface area contributed by atoms with E-state index in [1.54, 1.807) is 35.7 Å². The van der Waals surface area contributed by atoms with Gasteiger partial charge in [-0.05, 0) is 41.3 Å². The smallest absolute Gasteiger partial charge is 0.262 e. The summed E-state index contributed by atoms with van der Waals surface area (Å²) in [5.41, 5.74) is 1.33. The van der Waals surface area contributed by atoms with Crippen LogP contribution in [0.1, 0.15) is 16.5 Å². The van der Waals surface area contributed by atoms with Crippen LogP contribution in [0.5, 0.6) is 0 Å². The van der Waals surface area contributed by atoms with Gasteiger partial charge in [-0.15, -0.1) is 21.5 Å². The summed E-state index contributed by atoms with van der Waals surface area (Å²) in [6, 6.07) is 16.8. The molecule has 0 bridgehead atoms. The van der Waals surface area contributed by atoms with E-state index in [0.29, 0.717) is 21.8 Å². The van der Waals surface area contributed by atoms with Gasteiger partial charge in [-0.3, -0.25) is 18.6 Å². The molecule has 0 fully saturated rings. The number of aryl methyl sites for hydroxylation is 1. The molecule has 0 saturated carbocycles. The summed E-state index contributed by atoms with van der Waals surface area (Å²) in [6.45, 7) is 0. The van der Waals surface area contributed by atoms with Gasteiger partial charge in [0.2, 0.25) is 11.7 Å². The summed E-state index contributed by atoms with van der Waals surface area (Å²) < 4.78 is 16.6. The van der Waals surface area contributed by atoms with E-state index in [9.17, 15) is 14.0 Å². The van der Waals surface area contributed by atoms with Crippen LogP contribution in [-0.4, -0.2) is 30.8 Å². The summed E-state index contributed by atoms with van der Waals surface area (Å²) in [6.07, 6.45) is 0. The van der Waals surface area contributed by atoms with Gasteiger partial charge in [0, 0.05) is 11.9 Å². The molecule has 0 saturated heterocycles. The van der Waals surface area contributed by atoms with Gasteiger partial charge in [0.05, 0.1) is 22.7 Å². The second kappa shape index (κ2) is 8.80. The summed E-state index contributed by atoms with van der Waals surface area (Å²) in [4.78, 5) is 26.4. The number of halogens is 1. The van der Waals surface area contributed by atoms with Crippen LogP contribution in [0.15, 0.2) is 76.0 Å². The number of nitrogens with one attached hydrogen (secondary N) is 1. The number of carbonyl (C=O) groups excluding carboxylic acids is 1. The average molecular weight is 480 g/mol. The van der Waals surface area contributed by atoms with Crippen LogP contribution in [0.25, 0.3) is 16.7 Å². The highest BCUT2D eigenvalue weighted by molar-refractivity contribution is 7.99. The molecule has 10 heteroatoms. The van der Waals surface area contributed by atoms with Crippen LogP contribution < -0.4 is 10.9 Å². The van der Waals surface area contributed by atoms with E-state index in [1.165, 1.54) is 39.8 Å². The lowest BCUT2D eigenvalue weighted by molar-refractivity contribution is -0.119. The van der Waals surface area contributed by atoms with Gasteiger partial charge in [0.1, 0.15) is 5.82 Å². The molecule has 3 heterocycles. The first kappa shape index (κ1) is 21.4. The van der Waals surface area contributed by atoms with Crippen molar-refractivity contribution in [1.82, 2.24) is 24.5 Å². The van der Waals surface area contributed by atoms with Crippen molar-refractivity contribution in [3.05, 3.63) is 92.7 Å². The van der Waals surface area contributed by atoms with Gasteiger partial charge >= 0.3 is 0 Å². The van der Waals surface area contributed by atoms with Crippen molar-refractivity contribution >= 4 is 45.7 Å². The maximum atomic E-state index is 13.4. The van der Waals surface area contributed by atoms with Crippen LogP contribution in [0.2, 0.25) is 0 Å². The van der Waals surface area contributed by atoms with E-state index in [-0.39, 0.29) is 29.1 Å². The quantitative estimate of drug-likeness (QED) is 0.375. The zero-order valence-corrected chi connectivity index (χ0v) is 19.1. The third kappa shape index (κ3) is 4.03. The Balaban J connectivity index is 1.41. The molecule has 5 rings (SSSR count). The third-order valence-electron chi connectivity index (χ3n) is 5.26. The maximum absolute atomic E-state index is 13.4. The molecule has 0 aliphatic carbocycles. The second-order valence-electron chi connectivity index (χ2n) is 7.36. The minimum Gasteiger partial charge on any atom is -0.344 e. The Morgan fingerprint density at radius 1 is 1.12 bits per heavy atom. The molecule has 0 aliphatic rings. The molecule has 166 valence electrons. The molecule has 1 amide bonds. The standard InChI is InChI=1S/C23H18FN5O2S2/c1-28-21(31)16-5-2-3-6-17(16)29-22(28)26-27-23(29)33-13-19(30)25-20(18-7-4-12-32-18)14-8-10-15(24)11-9-14/h2-12,20H,13H2,1H3,(H,25,30). The van der Waals surface area contributed by atoms with Crippen molar-refractivity contribution in [2.45, 2.75) is 11.2 Å². The van der Waals surface area contributed by atoms with E-state index in [2.05, 4.69) is 15.5 Å². The van der Waals surface area contributed by atoms with Gasteiger partial charge in [-0.1, -0.05) is 42.1 Å². The highest BCUT2D eigenvalue weighted by Crippen LogP contribution is 2.27. The van der Waals surface area contributed by atoms with Gasteiger partial charge in [0.15, 0.2) is 5.16 Å². The number of hydrogen-bond donors (Lipinski definition) is 1. The normalized spacial score (nSPS) is 12.3. The SMILES string of the molecule is Cn1c(=O)c2ccccc2n2c(SCC(=O)NC(c3ccc(F)cc3)c3cccs3)nnc12. The molecule has 1 N–H and O–H groups in total. The molecule has 7 nitrogen and oxygen atoms in total. The number of para-hydroxylation sites is 1. The minimum atomic E-state index is -0.379. The van der Waals surface area contributed by atoms with Crippen molar-refractivity contribution in [2.24, 2.45) is 7.05 Å². The van der Waals surface area contributed by atoms with Crippen LogP contribution in [0, 0.1) is 5.82 Å². The highest BCUT2D eigenvalue weighted by Gasteiger charge is 2.20. The number of amides is 1. The molecule has 0 radical (unpaired) electrons. The lowest BCUT2D eigenvalue weighted by Crippen LogP contribution is -2.30. The number of aromatic nitrogens is 4. The number of hydrogen-bond acceptors (Lipinski definition) is 6. The summed E-state index contributed by atoms with van der Waals surface area (Å²) >= 11 is 2.76. The number of nitrogens with zero attached hydrogens (tertiary/aromatic N) is 4. The van der Waals surface area contributed by atoms with Gasteiger partial charge < -0.3 is 5.32 Å². The minimum absolute atomic E-state index is 0.0982. The number of benzene rings is 2. The van der Waals surface area contributed by atoms with Crippen LogP contribution >= 0.6 is 23.1 Å². The number of carbonyl (C=O) groups is 1. The highest BCUT2D eigenvalue weighted by atomic mass is 32.2. The van der Waals surface area contributed by atoms with E-state index < -0.39 is 0 Å². The molecule has 0 spiro atoms. The zero-order valence-electron chi connectivity index (χ0n) is 17.4. The van der Waals surface area contributed by atoms with Crippen molar-refractivity contribution in [3.8, 4) is 0 Å². The first-order valence-corrected chi connectivity index (χ1v) is 11.9. The largest absolute Gasteiger partial charge is 0.344 e. The predicted octanol–water partition coefficient (Wildman–Crippen LogP) is 3.78. The Bertz CT molecular complexity index is 1510. The third-order valence-corrected chi connectivity index (χ3v) is 7.13. The lowest BCUT2D eigenvalue weighted by Gasteiger charge is -2.18. The molecule has 3 aromatic heterocycles. The second-order valence-corrected chi connectivity index (χ2v) is 9.28. The van der Waals surface area contributed by atoms with Crippen molar-refractivity contribution in [2.75, 3.05) is 5.75 Å². The van der Waals surface area contributed by atoms with Crippen LogP contribution in [0.3, 0.4) is 0 Å². The molecule has 1 atom stereocenters. The van der Waals surface area contributed by atoms with Crippen molar-refractivity contribution in [3.63, 3.8) is 0 Å². The summed E-state index contributed by atoms with van der Waals surface area (Å²) in [7, 11) is 1.65. The molecular weight excluding hydrogens is 461 g/mol. The maximum Gasteiger partial charge on any atom is 0.262 e. The number of thiophene rings is 1. The van der Waals surface area contributed by atoms with E-state index in [4.69, 9.17) is 0 Å². The lowest BCUT2D eigenvalue weighted by atomic mass is 10.1. The molecule has 1 unspecified atom stereocenters. The monoisotopic (exact) mass is 479 g/mol. The van der Waals surface area contributed by atoms with Crippen molar-refractivity contribution < 1.29 is 9.18 Å². The van der Waals surface area contributed by atoms with Gasteiger partial charge in [-0.25, -0.2) is 4.39 Å². The number of thioether (sulfide) groups is 1. The average Bonchev–Trinajstić information content (AvgIpc) is 3.51. The summed E-state index contributed by atoms with van der Waals surface area (Å²) in [5, 5.41) is 14.4. The number of fused-ring (bicyclic) bond motifs is 3. The predicted molar refractivity (Wildman–Crippen MR) is 127 cm³/mol. The van der Waals surface area contributed by atoms with Crippen LogP contribution in [-0.2, 0) is 11.8 Å². The Morgan fingerprint density at radius 3 is 2.67 bits per heavy atom. The molecule has 5 aromatic rings. The van der Waals surface area contributed by atoms with E-state index in [1.807, 2.05) is 29.6 Å². The molecule has 0 aliphatic heterocycles. The van der Waals surface area contributed by atoms with E-state index >= 15 is 0 Å². The topological polar surface area (TPSA) is 81.3 Å². The fraction of sp³-hybridized carbons (Fsp3) is 0.130. The zero-order chi connectivity index (χ0) is 22.9.